The second-order valence-corrected chi connectivity index (χ2v) is 11.3. The smallest absolute Gasteiger partial charge is 0.328 e. The fourth-order valence-corrected chi connectivity index (χ4v) is 5.72. The number of carbonyl (C=O) groups is 2. The number of hydrogen-bond donors (Lipinski definition) is 4. The van der Waals surface area contributed by atoms with E-state index in [0.29, 0.717) is 23.6 Å². The molecule has 224 valence electrons. The zero-order valence-corrected chi connectivity index (χ0v) is 24.6. The van der Waals surface area contributed by atoms with Gasteiger partial charge in [0.25, 0.3) is 0 Å². The molecule has 3 aromatic rings. The number of methoxy groups -OCH3 is 1. The van der Waals surface area contributed by atoms with E-state index < -0.39 is 24.3 Å². The number of nitrogens with one attached hydrogen (secondary N) is 2. The van der Waals surface area contributed by atoms with Crippen LogP contribution >= 0.6 is 11.8 Å². The molecule has 0 bridgehead atoms. The Morgan fingerprint density at radius 1 is 0.929 bits per heavy atom. The van der Waals surface area contributed by atoms with Gasteiger partial charge in [0.1, 0.15) is 6.04 Å². The fraction of sp³-hybridized carbons (Fsp3) is 0.375. The number of hydrogen-bond acceptors (Lipinski definition) is 8. The van der Waals surface area contributed by atoms with Gasteiger partial charge in [0, 0.05) is 35.1 Å². The zero-order valence-electron chi connectivity index (χ0n) is 23.8. The highest BCUT2D eigenvalue weighted by molar-refractivity contribution is 7.99. The normalized spacial score (nSPS) is 20.9. The molecule has 4 rings (SSSR count). The van der Waals surface area contributed by atoms with Crippen molar-refractivity contribution in [3.8, 4) is 0 Å². The number of aliphatic hydroxyl groups is 2. The van der Waals surface area contributed by atoms with Crippen molar-refractivity contribution >= 4 is 29.4 Å². The van der Waals surface area contributed by atoms with Crippen LogP contribution in [-0.4, -0.2) is 59.6 Å². The molecule has 1 aliphatic heterocycles. The number of ether oxygens (including phenoxy) is 3. The fourth-order valence-electron chi connectivity index (χ4n) is 4.81. The first-order valence-electron chi connectivity index (χ1n) is 13.9. The first-order valence-corrected chi connectivity index (χ1v) is 15.1. The molecule has 0 aliphatic carbocycles. The zero-order chi connectivity index (χ0) is 29.9. The number of carbonyl (C=O) groups excluding carboxylic acids is 2. The predicted molar refractivity (Wildman–Crippen MR) is 162 cm³/mol. The van der Waals surface area contributed by atoms with Crippen LogP contribution in [0.2, 0.25) is 0 Å². The van der Waals surface area contributed by atoms with Crippen molar-refractivity contribution in [2.24, 2.45) is 5.92 Å². The molecule has 9 nitrogen and oxygen atoms in total. The maximum atomic E-state index is 12.8. The number of thioether (sulfide) groups is 1. The third kappa shape index (κ3) is 8.56. The first-order chi connectivity index (χ1) is 20.4. The Hall–Kier alpha value is -3.41. The van der Waals surface area contributed by atoms with E-state index in [1.165, 1.54) is 7.11 Å². The number of aliphatic hydroxyl groups excluding tert-OH is 2. The van der Waals surface area contributed by atoms with Gasteiger partial charge in [-0.3, -0.25) is 0 Å². The van der Waals surface area contributed by atoms with E-state index in [1.54, 1.807) is 23.9 Å². The molecule has 2 amide bonds. The SMILES string of the molecule is COC(=O)C(Cc1ccccc1)NC(=O)Nc1ccc(C2OC(CSCCO)C(C)C(c3ccc(CO)cc3)O2)cc1. The molecule has 1 saturated heterocycles. The van der Waals surface area contributed by atoms with Crippen molar-refractivity contribution in [2.75, 3.05) is 30.5 Å². The quantitative estimate of drug-likeness (QED) is 0.177. The van der Waals surface area contributed by atoms with Crippen LogP contribution in [0, 0.1) is 5.92 Å². The average Bonchev–Trinajstić information content (AvgIpc) is 3.02. The van der Waals surface area contributed by atoms with Gasteiger partial charge in [-0.2, -0.15) is 11.8 Å². The number of anilines is 1. The molecular weight excluding hydrogens is 556 g/mol. The molecule has 1 fully saturated rings. The van der Waals surface area contributed by atoms with E-state index in [-0.39, 0.29) is 31.3 Å². The summed E-state index contributed by atoms with van der Waals surface area (Å²) in [7, 11) is 1.29. The van der Waals surface area contributed by atoms with Gasteiger partial charge in [0.15, 0.2) is 6.29 Å². The molecule has 5 unspecified atom stereocenters. The van der Waals surface area contributed by atoms with E-state index >= 15 is 0 Å². The molecule has 5 atom stereocenters. The number of urea groups is 1. The lowest BCUT2D eigenvalue weighted by Gasteiger charge is -2.41. The van der Waals surface area contributed by atoms with Crippen LogP contribution in [0.15, 0.2) is 78.9 Å². The molecule has 0 radical (unpaired) electrons. The van der Waals surface area contributed by atoms with Crippen molar-refractivity contribution in [1.29, 1.82) is 0 Å². The van der Waals surface area contributed by atoms with Gasteiger partial charge in [-0.15, -0.1) is 0 Å². The molecule has 4 N–H and O–H groups in total. The largest absolute Gasteiger partial charge is 0.467 e. The minimum Gasteiger partial charge on any atom is -0.467 e. The number of amides is 2. The van der Waals surface area contributed by atoms with Gasteiger partial charge in [0.05, 0.1) is 32.5 Å². The molecule has 1 aliphatic rings. The second kappa shape index (κ2) is 15.7. The Labute approximate surface area is 250 Å². The van der Waals surface area contributed by atoms with Crippen LogP contribution in [0.1, 0.15) is 41.6 Å². The Morgan fingerprint density at radius 2 is 1.62 bits per heavy atom. The average molecular weight is 595 g/mol. The van der Waals surface area contributed by atoms with Gasteiger partial charge in [0.2, 0.25) is 0 Å². The van der Waals surface area contributed by atoms with Crippen LogP contribution in [0.25, 0.3) is 0 Å². The Kier molecular flexibility index (Phi) is 11.8. The maximum absolute atomic E-state index is 12.8. The van der Waals surface area contributed by atoms with Crippen LogP contribution < -0.4 is 10.6 Å². The molecular formula is C32H38N2O7S. The first kappa shape index (κ1) is 31.5. The third-order valence-corrected chi connectivity index (χ3v) is 8.19. The Morgan fingerprint density at radius 3 is 2.26 bits per heavy atom. The van der Waals surface area contributed by atoms with Gasteiger partial charge < -0.3 is 35.1 Å². The van der Waals surface area contributed by atoms with Crippen molar-refractivity contribution in [3.05, 3.63) is 101 Å². The lowest BCUT2D eigenvalue weighted by atomic mass is 9.91. The summed E-state index contributed by atoms with van der Waals surface area (Å²) in [5.74, 6) is 0.850. The Balaban J connectivity index is 1.44. The lowest BCUT2D eigenvalue weighted by Crippen LogP contribution is -2.45. The van der Waals surface area contributed by atoms with E-state index in [2.05, 4.69) is 17.6 Å². The molecule has 1 heterocycles. The highest BCUT2D eigenvalue weighted by Gasteiger charge is 2.38. The Bertz CT molecular complexity index is 1270. The molecule has 3 aromatic carbocycles. The topological polar surface area (TPSA) is 126 Å². The predicted octanol–water partition coefficient (Wildman–Crippen LogP) is 4.60. The van der Waals surface area contributed by atoms with Gasteiger partial charge in [-0.25, -0.2) is 9.59 Å². The molecule has 10 heteroatoms. The molecule has 42 heavy (non-hydrogen) atoms. The summed E-state index contributed by atoms with van der Waals surface area (Å²) in [6.07, 6.45) is -0.692. The standard InChI is InChI=1S/C32H38N2O7S/c1-21-28(20-42-17-16-35)40-31(41-29(21)24-10-8-23(19-36)9-11-24)25-12-14-26(15-13-25)33-32(38)34-27(30(37)39-2)18-22-6-4-3-5-7-22/h3-15,21,27-29,31,35-36H,16-20H2,1-2H3,(H2,33,34,38). The van der Waals surface area contributed by atoms with E-state index in [0.717, 1.165) is 22.3 Å². The minimum absolute atomic E-state index is 0.0255. The summed E-state index contributed by atoms with van der Waals surface area (Å²) < 4.78 is 17.7. The molecule has 0 spiro atoms. The second-order valence-electron chi connectivity index (χ2n) is 10.1. The third-order valence-electron chi connectivity index (χ3n) is 7.16. The van der Waals surface area contributed by atoms with Crippen LogP contribution in [0.3, 0.4) is 0 Å². The lowest BCUT2D eigenvalue weighted by molar-refractivity contribution is -0.268. The summed E-state index contributed by atoms with van der Waals surface area (Å²) in [6, 6.07) is 22.9. The van der Waals surface area contributed by atoms with Crippen LogP contribution in [0.4, 0.5) is 10.5 Å². The monoisotopic (exact) mass is 594 g/mol. The summed E-state index contributed by atoms with van der Waals surface area (Å²) in [6.45, 7) is 2.17. The summed E-state index contributed by atoms with van der Waals surface area (Å²) >= 11 is 1.63. The highest BCUT2D eigenvalue weighted by Crippen LogP contribution is 2.42. The van der Waals surface area contributed by atoms with Crippen molar-refractivity contribution in [3.63, 3.8) is 0 Å². The number of benzene rings is 3. The summed E-state index contributed by atoms with van der Waals surface area (Å²) in [4.78, 5) is 25.1. The number of rotatable bonds is 12. The van der Waals surface area contributed by atoms with Gasteiger partial charge in [-0.05, 0) is 28.8 Å². The van der Waals surface area contributed by atoms with Gasteiger partial charge >= 0.3 is 12.0 Å². The van der Waals surface area contributed by atoms with Crippen molar-refractivity contribution in [2.45, 2.75) is 44.5 Å². The van der Waals surface area contributed by atoms with E-state index in [4.69, 9.17) is 14.2 Å². The summed E-state index contributed by atoms with van der Waals surface area (Å²) in [5, 5.41) is 24.2. The summed E-state index contributed by atoms with van der Waals surface area (Å²) in [5.41, 5.74) is 4.05. The van der Waals surface area contributed by atoms with Crippen molar-refractivity contribution < 1.29 is 34.0 Å². The highest BCUT2D eigenvalue weighted by atomic mass is 32.2. The number of esters is 1. The molecule has 0 saturated carbocycles. The maximum Gasteiger partial charge on any atom is 0.328 e. The van der Waals surface area contributed by atoms with E-state index in [9.17, 15) is 19.8 Å². The van der Waals surface area contributed by atoms with Gasteiger partial charge in [-0.1, -0.05) is 73.7 Å². The van der Waals surface area contributed by atoms with Crippen LogP contribution in [-0.2, 0) is 32.0 Å². The van der Waals surface area contributed by atoms with Crippen LogP contribution in [0.5, 0.6) is 0 Å². The van der Waals surface area contributed by atoms with Crippen molar-refractivity contribution in [1.82, 2.24) is 5.32 Å². The van der Waals surface area contributed by atoms with E-state index in [1.807, 2.05) is 66.7 Å². The molecule has 0 aromatic heterocycles. The minimum atomic E-state index is -0.841.